The normalized spacial score (nSPS) is 14.0. The van der Waals surface area contributed by atoms with Gasteiger partial charge in [-0.2, -0.15) is 0 Å². The van der Waals surface area contributed by atoms with E-state index in [2.05, 4.69) is 11.9 Å². The number of thiazole rings is 1. The Kier molecular flexibility index (Phi) is 3.90. The monoisotopic (exact) mass is 303 g/mol. The van der Waals surface area contributed by atoms with Crippen LogP contribution in [0.2, 0.25) is 0 Å². The van der Waals surface area contributed by atoms with Crippen molar-refractivity contribution >= 4 is 22.9 Å². The summed E-state index contributed by atoms with van der Waals surface area (Å²) in [5.41, 5.74) is 8.30. The first-order chi connectivity index (χ1) is 10.2. The number of carbonyl (C=O) groups excluding carboxylic acids is 1. The molecule has 0 radical (unpaired) electrons. The number of amides is 1. The lowest BCUT2D eigenvalue weighted by Gasteiger charge is -2.29. The van der Waals surface area contributed by atoms with Crippen LogP contribution in [-0.4, -0.2) is 24.0 Å². The molecule has 3 rings (SSSR count). The third-order valence-electron chi connectivity index (χ3n) is 3.37. The number of aromatic nitrogens is 1. The van der Waals surface area contributed by atoms with E-state index in [0.29, 0.717) is 13.1 Å². The third kappa shape index (κ3) is 2.64. The van der Waals surface area contributed by atoms with Gasteiger partial charge in [0.25, 0.3) is 5.91 Å². The van der Waals surface area contributed by atoms with Crippen LogP contribution in [0.4, 0.5) is 5.69 Å². The molecule has 2 heterocycles. The fraction of sp³-hybridized carbons (Fsp3) is 0.333. The van der Waals surface area contributed by atoms with E-state index in [1.807, 2.05) is 23.6 Å². The Hall–Kier alpha value is -1.92. The number of ether oxygens (including phenoxy) is 1. The number of nitrogens with zero attached hydrogens (tertiary/aromatic N) is 2. The first-order valence-electron chi connectivity index (χ1n) is 6.95. The Labute approximate surface area is 127 Å². The Morgan fingerprint density at radius 3 is 3.05 bits per heavy atom. The second-order valence-electron chi connectivity index (χ2n) is 4.85. The highest BCUT2D eigenvalue weighted by molar-refractivity contribution is 7.09. The lowest BCUT2D eigenvalue weighted by molar-refractivity contribution is -0.121. The van der Waals surface area contributed by atoms with Gasteiger partial charge in [-0.15, -0.1) is 11.3 Å². The number of carbonyl (C=O) groups is 1. The Morgan fingerprint density at radius 1 is 1.48 bits per heavy atom. The molecule has 0 saturated heterocycles. The number of fused-ring (bicyclic) bond motifs is 1. The number of rotatable bonds is 4. The highest BCUT2D eigenvalue weighted by Crippen LogP contribution is 2.36. The van der Waals surface area contributed by atoms with Crippen molar-refractivity contribution in [2.24, 2.45) is 5.73 Å². The Bertz CT molecular complexity index is 669. The standard InChI is InChI=1S/C15H17N3O2S/c1-2-5-18-12-6-10(11-9-21-14(7-16)17-11)3-4-13(12)20-8-15(18)19/h3-4,6,9H,2,5,7-8,16H2,1H3. The first kappa shape index (κ1) is 14.0. The lowest BCUT2D eigenvalue weighted by Crippen LogP contribution is -2.39. The van der Waals surface area contributed by atoms with E-state index >= 15 is 0 Å². The predicted molar refractivity (Wildman–Crippen MR) is 83.6 cm³/mol. The van der Waals surface area contributed by atoms with Crippen LogP contribution < -0.4 is 15.4 Å². The molecule has 2 N–H and O–H groups in total. The second kappa shape index (κ2) is 5.83. The molecule has 2 aromatic rings. The molecule has 0 saturated carbocycles. The third-order valence-corrected chi connectivity index (χ3v) is 4.24. The maximum Gasteiger partial charge on any atom is 0.265 e. The van der Waals surface area contributed by atoms with Gasteiger partial charge in [0.2, 0.25) is 0 Å². The lowest BCUT2D eigenvalue weighted by atomic mass is 10.1. The summed E-state index contributed by atoms with van der Waals surface area (Å²) in [4.78, 5) is 18.3. The van der Waals surface area contributed by atoms with Crippen molar-refractivity contribution < 1.29 is 9.53 Å². The van der Waals surface area contributed by atoms with Crippen LogP contribution in [0.15, 0.2) is 23.6 Å². The minimum atomic E-state index is 0.00225. The van der Waals surface area contributed by atoms with E-state index in [-0.39, 0.29) is 12.5 Å². The highest BCUT2D eigenvalue weighted by atomic mass is 32.1. The summed E-state index contributed by atoms with van der Waals surface area (Å²) in [7, 11) is 0. The summed E-state index contributed by atoms with van der Waals surface area (Å²) in [6.45, 7) is 3.31. The van der Waals surface area contributed by atoms with E-state index in [4.69, 9.17) is 10.5 Å². The predicted octanol–water partition coefficient (Wildman–Crippen LogP) is 2.40. The fourth-order valence-electron chi connectivity index (χ4n) is 2.37. The maximum absolute atomic E-state index is 12.0. The van der Waals surface area contributed by atoms with Gasteiger partial charge in [-0.1, -0.05) is 6.92 Å². The van der Waals surface area contributed by atoms with Crippen molar-refractivity contribution in [1.82, 2.24) is 4.98 Å². The molecule has 0 atom stereocenters. The van der Waals surface area contributed by atoms with Crippen LogP contribution in [0.1, 0.15) is 18.4 Å². The number of benzene rings is 1. The van der Waals surface area contributed by atoms with Gasteiger partial charge in [0.1, 0.15) is 10.8 Å². The summed E-state index contributed by atoms with van der Waals surface area (Å²) in [6.07, 6.45) is 0.906. The average molecular weight is 303 g/mol. The zero-order chi connectivity index (χ0) is 14.8. The van der Waals surface area contributed by atoms with Gasteiger partial charge in [-0.3, -0.25) is 4.79 Å². The van der Waals surface area contributed by atoms with Crippen LogP contribution in [0, 0.1) is 0 Å². The van der Waals surface area contributed by atoms with Gasteiger partial charge < -0.3 is 15.4 Å². The molecule has 110 valence electrons. The number of anilines is 1. The van der Waals surface area contributed by atoms with Crippen LogP contribution in [0.25, 0.3) is 11.3 Å². The number of hydrogen-bond donors (Lipinski definition) is 1. The van der Waals surface area contributed by atoms with Crippen molar-refractivity contribution in [3.63, 3.8) is 0 Å². The topological polar surface area (TPSA) is 68.5 Å². The van der Waals surface area contributed by atoms with Gasteiger partial charge in [0.15, 0.2) is 6.61 Å². The largest absolute Gasteiger partial charge is 0.482 e. The zero-order valence-electron chi connectivity index (χ0n) is 11.8. The van der Waals surface area contributed by atoms with Crippen LogP contribution in [-0.2, 0) is 11.3 Å². The maximum atomic E-state index is 12.0. The molecule has 1 aromatic carbocycles. The van der Waals surface area contributed by atoms with E-state index in [9.17, 15) is 4.79 Å². The summed E-state index contributed by atoms with van der Waals surface area (Å²) >= 11 is 1.55. The van der Waals surface area contributed by atoms with Crippen LogP contribution >= 0.6 is 11.3 Å². The van der Waals surface area contributed by atoms with Crippen molar-refractivity contribution in [1.29, 1.82) is 0 Å². The van der Waals surface area contributed by atoms with Crippen molar-refractivity contribution in [2.45, 2.75) is 19.9 Å². The molecule has 1 amide bonds. The summed E-state index contributed by atoms with van der Waals surface area (Å²) < 4.78 is 5.50. The molecule has 0 unspecified atom stereocenters. The van der Waals surface area contributed by atoms with E-state index in [1.165, 1.54) is 0 Å². The van der Waals surface area contributed by atoms with Gasteiger partial charge in [0, 0.05) is 24.0 Å². The van der Waals surface area contributed by atoms with Crippen LogP contribution in [0.3, 0.4) is 0 Å². The molecule has 0 fully saturated rings. The minimum absolute atomic E-state index is 0.00225. The quantitative estimate of drug-likeness (QED) is 0.941. The van der Waals surface area contributed by atoms with Gasteiger partial charge in [-0.05, 0) is 24.6 Å². The molecule has 0 bridgehead atoms. The highest BCUT2D eigenvalue weighted by Gasteiger charge is 2.25. The molecule has 0 spiro atoms. The molecular formula is C15H17N3O2S. The minimum Gasteiger partial charge on any atom is -0.482 e. The summed E-state index contributed by atoms with van der Waals surface area (Å²) in [5, 5.41) is 2.89. The molecule has 1 aliphatic rings. The van der Waals surface area contributed by atoms with Gasteiger partial charge >= 0.3 is 0 Å². The fourth-order valence-corrected chi connectivity index (χ4v) is 3.05. The van der Waals surface area contributed by atoms with Crippen molar-refractivity contribution in [2.75, 3.05) is 18.1 Å². The summed E-state index contributed by atoms with van der Waals surface area (Å²) in [6, 6.07) is 5.84. The molecule has 0 aliphatic carbocycles. The first-order valence-corrected chi connectivity index (χ1v) is 7.83. The van der Waals surface area contributed by atoms with E-state index in [1.54, 1.807) is 16.2 Å². The van der Waals surface area contributed by atoms with Crippen molar-refractivity contribution in [3.8, 4) is 17.0 Å². The van der Waals surface area contributed by atoms with Gasteiger partial charge in [-0.25, -0.2) is 4.98 Å². The molecular weight excluding hydrogens is 286 g/mol. The zero-order valence-corrected chi connectivity index (χ0v) is 12.7. The SMILES string of the molecule is CCCN1C(=O)COc2ccc(-c3csc(CN)n3)cc21. The Balaban J connectivity index is 2.00. The Morgan fingerprint density at radius 2 is 2.33 bits per heavy atom. The number of hydrogen-bond acceptors (Lipinski definition) is 5. The molecule has 5 nitrogen and oxygen atoms in total. The average Bonchev–Trinajstić information content (AvgIpc) is 2.99. The molecule has 6 heteroatoms. The molecule has 1 aliphatic heterocycles. The molecule has 21 heavy (non-hydrogen) atoms. The van der Waals surface area contributed by atoms with Crippen LogP contribution in [0.5, 0.6) is 5.75 Å². The van der Waals surface area contributed by atoms with Gasteiger partial charge in [0.05, 0.1) is 11.4 Å². The van der Waals surface area contributed by atoms with E-state index in [0.717, 1.165) is 34.1 Å². The second-order valence-corrected chi connectivity index (χ2v) is 5.79. The van der Waals surface area contributed by atoms with E-state index < -0.39 is 0 Å². The summed E-state index contributed by atoms with van der Waals surface area (Å²) in [5.74, 6) is 0.753. The van der Waals surface area contributed by atoms with Crippen molar-refractivity contribution in [3.05, 3.63) is 28.6 Å². The molecule has 1 aromatic heterocycles. The number of nitrogens with two attached hydrogens (primary N) is 1. The smallest absolute Gasteiger partial charge is 0.265 e.